The van der Waals surface area contributed by atoms with E-state index in [2.05, 4.69) is 53.7 Å². The van der Waals surface area contributed by atoms with Crippen molar-refractivity contribution in [2.45, 2.75) is 52.0 Å². The van der Waals surface area contributed by atoms with E-state index in [1.165, 1.54) is 5.56 Å². The molecule has 2 rings (SSSR count). The summed E-state index contributed by atoms with van der Waals surface area (Å²) in [5.41, 5.74) is 1.36. The molecule has 0 saturated carbocycles. The highest BCUT2D eigenvalue weighted by Gasteiger charge is 2.17. The van der Waals surface area contributed by atoms with Crippen molar-refractivity contribution in [1.82, 2.24) is 15.5 Å². The first-order valence-corrected chi connectivity index (χ1v) is 9.55. The van der Waals surface area contributed by atoms with Gasteiger partial charge in [-0.3, -0.25) is 9.79 Å². The summed E-state index contributed by atoms with van der Waals surface area (Å²) >= 11 is 0. The molecular formula is C20H33IN4O. The Labute approximate surface area is 175 Å². The van der Waals surface area contributed by atoms with Gasteiger partial charge in [-0.1, -0.05) is 30.3 Å². The standard InChI is InChI=1S/C20H32N4O.HI/c1-3-21-20(22-14-13-19(25)24-15-7-8-16-24)23-17(2)11-12-18-9-5-4-6-10-18;/h4-6,9-10,17H,3,7-8,11-16H2,1-2H3,(H2,21,22,23);1H. The van der Waals surface area contributed by atoms with E-state index in [9.17, 15) is 4.79 Å². The molecule has 1 saturated heterocycles. The zero-order chi connectivity index (χ0) is 17.9. The zero-order valence-corrected chi connectivity index (χ0v) is 18.4. The molecular weight excluding hydrogens is 439 g/mol. The molecule has 1 unspecified atom stereocenters. The number of carbonyl (C=O) groups is 1. The molecule has 1 aromatic rings. The van der Waals surface area contributed by atoms with Gasteiger partial charge in [0.15, 0.2) is 5.96 Å². The van der Waals surface area contributed by atoms with Gasteiger partial charge in [-0.2, -0.15) is 0 Å². The molecule has 0 aromatic heterocycles. The lowest BCUT2D eigenvalue weighted by Gasteiger charge is -2.18. The van der Waals surface area contributed by atoms with Crippen LogP contribution in [0.5, 0.6) is 0 Å². The van der Waals surface area contributed by atoms with Crippen molar-refractivity contribution in [2.24, 2.45) is 4.99 Å². The first-order chi connectivity index (χ1) is 12.2. The normalized spacial score (nSPS) is 15.3. The summed E-state index contributed by atoms with van der Waals surface area (Å²) in [6.45, 7) is 7.41. The number of hydrogen-bond donors (Lipinski definition) is 2. The fraction of sp³-hybridized carbons (Fsp3) is 0.600. The number of hydrogen-bond acceptors (Lipinski definition) is 2. The Balaban J connectivity index is 0.00000338. The lowest BCUT2D eigenvalue weighted by Crippen LogP contribution is -2.42. The second kappa shape index (κ2) is 12.9. The second-order valence-corrected chi connectivity index (χ2v) is 6.67. The molecule has 0 radical (unpaired) electrons. The zero-order valence-electron chi connectivity index (χ0n) is 16.0. The number of carbonyl (C=O) groups excluding carboxylic acids is 1. The van der Waals surface area contributed by atoms with Crippen LogP contribution in [0.1, 0.15) is 45.1 Å². The Morgan fingerprint density at radius 2 is 1.92 bits per heavy atom. The Bertz CT molecular complexity index is 544. The van der Waals surface area contributed by atoms with Crippen LogP contribution in [-0.2, 0) is 11.2 Å². The minimum Gasteiger partial charge on any atom is -0.357 e. The number of guanidine groups is 1. The minimum atomic E-state index is 0. The molecule has 1 atom stereocenters. The average Bonchev–Trinajstić information content (AvgIpc) is 3.16. The molecule has 1 heterocycles. The van der Waals surface area contributed by atoms with Crippen molar-refractivity contribution >= 4 is 35.8 Å². The van der Waals surface area contributed by atoms with Crippen LogP contribution in [0.2, 0.25) is 0 Å². The summed E-state index contributed by atoms with van der Waals surface area (Å²) in [5, 5.41) is 6.71. The molecule has 0 spiro atoms. The molecule has 1 aromatic carbocycles. The van der Waals surface area contributed by atoms with Gasteiger partial charge < -0.3 is 15.5 Å². The van der Waals surface area contributed by atoms with Crippen LogP contribution in [0, 0.1) is 0 Å². The summed E-state index contributed by atoms with van der Waals surface area (Å²) in [6.07, 6.45) is 4.86. The summed E-state index contributed by atoms with van der Waals surface area (Å²) in [7, 11) is 0. The maximum absolute atomic E-state index is 12.1. The number of benzene rings is 1. The molecule has 1 aliphatic heterocycles. The van der Waals surface area contributed by atoms with Gasteiger partial charge in [0.2, 0.25) is 5.91 Å². The summed E-state index contributed by atoms with van der Waals surface area (Å²) in [5.74, 6) is 1.03. The Kier molecular flexibility index (Phi) is 11.3. The highest BCUT2D eigenvalue weighted by atomic mass is 127. The van der Waals surface area contributed by atoms with Crippen molar-refractivity contribution < 1.29 is 4.79 Å². The largest absolute Gasteiger partial charge is 0.357 e. The number of halogens is 1. The molecule has 0 aliphatic carbocycles. The van der Waals surface area contributed by atoms with Crippen LogP contribution in [-0.4, -0.2) is 49.0 Å². The van der Waals surface area contributed by atoms with Crippen molar-refractivity contribution in [2.75, 3.05) is 26.2 Å². The van der Waals surface area contributed by atoms with E-state index in [4.69, 9.17) is 0 Å². The minimum absolute atomic E-state index is 0. The maximum atomic E-state index is 12.1. The molecule has 1 aliphatic rings. The lowest BCUT2D eigenvalue weighted by molar-refractivity contribution is -0.129. The number of aryl methyl sites for hydroxylation is 1. The van der Waals surface area contributed by atoms with Crippen LogP contribution in [0.3, 0.4) is 0 Å². The van der Waals surface area contributed by atoms with Crippen LogP contribution >= 0.6 is 24.0 Å². The highest BCUT2D eigenvalue weighted by molar-refractivity contribution is 14.0. The molecule has 2 N–H and O–H groups in total. The van der Waals surface area contributed by atoms with E-state index in [1.807, 2.05) is 11.0 Å². The fourth-order valence-corrected chi connectivity index (χ4v) is 3.04. The van der Waals surface area contributed by atoms with Crippen molar-refractivity contribution in [1.29, 1.82) is 0 Å². The third-order valence-corrected chi connectivity index (χ3v) is 4.49. The van der Waals surface area contributed by atoms with E-state index >= 15 is 0 Å². The number of rotatable bonds is 8. The smallest absolute Gasteiger partial charge is 0.224 e. The summed E-state index contributed by atoms with van der Waals surface area (Å²) in [6, 6.07) is 10.9. The summed E-state index contributed by atoms with van der Waals surface area (Å²) < 4.78 is 0. The van der Waals surface area contributed by atoms with Crippen LogP contribution in [0.15, 0.2) is 35.3 Å². The third kappa shape index (κ3) is 8.38. The van der Waals surface area contributed by atoms with Crippen LogP contribution < -0.4 is 10.6 Å². The van der Waals surface area contributed by atoms with Crippen LogP contribution in [0.4, 0.5) is 0 Å². The number of nitrogens with one attached hydrogen (secondary N) is 2. The van der Waals surface area contributed by atoms with E-state index in [1.54, 1.807) is 0 Å². The SMILES string of the molecule is CCNC(=NCCC(=O)N1CCCC1)NC(C)CCc1ccccc1.I. The van der Waals surface area contributed by atoms with Gasteiger partial charge in [-0.05, 0) is 45.1 Å². The predicted molar refractivity (Wildman–Crippen MR) is 119 cm³/mol. The lowest BCUT2D eigenvalue weighted by atomic mass is 10.1. The molecule has 1 amide bonds. The maximum Gasteiger partial charge on any atom is 0.224 e. The Morgan fingerprint density at radius 3 is 2.58 bits per heavy atom. The van der Waals surface area contributed by atoms with Crippen molar-refractivity contribution in [3.8, 4) is 0 Å². The van der Waals surface area contributed by atoms with Gasteiger partial charge in [-0.15, -0.1) is 24.0 Å². The van der Waals surface area contributed by atoms with E-state index in [0.717, 1.165) is 51.3 Å². The summed E-state index contributed by atoms with van der Waals surface area (Å²) in [4.78, 5) is 18.6. The quantitative estimate of drug-likeness (QED) is 0.347. The van der Waals surface area contributed by atoms with Gasteiger partial charge >= 0.3 is 0 Å². The highest BCUT2D eigenvalue weighted by Crippen LogP contribution is 2.09. The molecule has 6 heteroatoms. The Morgan fingerprint density at radius 1 is 1.23 bits per heavy atom. The molecule has 146 valence electrons. The van der Waals surface area contributed by atoms with Gasteiger partial charge in [0, 0.05) is 32.1 Å². The van der Waals surface area contributed by atoms with Crippen molar-refractivity contribution in [3.05, 3.63) is 35.9 Å². The van der Waals surface area contributed by atoms with Gasteiger partial charge in [-0.25, -0.2) is 0 Å². The molecule has 5 nitrogen and oxygen atoms in total. The van der Waals surface area contributed by atoms with E-state index in [0.29, 0.717) is 19.0 Å². The van der Waals surface area contributed by atoms with Gasteiger partial charge in [0.25, 0.3) is 0 Å². The first kappa shape index (κ1) is 22.7. The van der Waals surface area contributed by atoms with Gasteiger partial charge in [0.05, 0.1) is 6.54 Å². The molecule has 26 heavy (non-hydrogen) atoms. The first-order valence-electron chi connectivity index (χ1n) is 9.55. The second-order valence-electron chi connectivity index (χ2n) is 6.67. The fourth-order valence-electron chi connectivity index (χ4n) is 3.04. The third-order valence-electron chi connectivity index (χ3n) is 4.49. The van der Waals surface area contributed by atoms with Gasteiger partial charge in [0.1, 0.15) is 0 Å². The number of aliphatic imine (C=N–C) groups is 1. The van der Waals surface area contributed by atoms with Crippen LogP contribution in [0.25, 0.3) is 0 Å². The number of likely N-dealkylation sites (tertiary alicyclic amines) is 1. The van der Waals surface area contributed by atoms with E-state index < -0.39 is 0 Å². The van der Waals surface area contributed by atoms with Crippen molar-refractivity contribution in [3.63, 3.8) is 0 Å². The predicted octanol–water partition coefficient (Wildman–Crippen LogP) is 3.19. The molecule has 1 fully saturated rings. The number of nitrogens with zero attached hydrogens (tertiary/aromatic N) is 2. The Hall–Kier alpha value is -1.31. The number of amides is 1. The average molecular weight is 472 g/mol. The monoisotopic (exact) mass is 472 g/mol. The topological polar surface area (TPSA) is 56.7 Å². The molecule has 0 bridgehead atoms. The van der Waals surface area contributed by atoms with E-state index in [-0.39, 0.29) is 29.9 Å².